The van der Waals surface area contributed by atoms with E-state index in [-0.39, 0.29) is 0 Å². The third-order valence-electron chi connectivity index (χ3n) is 3.32. The summed E-state index contributed by atoms with van der Waals surface area (Å²) in [6, 6.07) is 16.8. The first-order valence-corrected chi connectivity index (χ1v) is 6.62. The van der Waals surface area contributed by atoms with Gasteiger partial charge in [0.25, 0.3) is 0 Å². The van der Waals surface area contributed by atoms with Gasteiger partial charge in [0.1, 0.15) is 0 Å². The van der Waals surface area contributed by atoms with Crippen LogP contribution in [-0.4, -0.2) is 10.8 Å². The van der Waals surface area contributed by atoms with E-state index in [1.54, 1.807) is 12.3 Å². The monoisotopic (exact) mass is 260 g/mol. The van der Waals surface area contributed by atoms with Crippen molar-refractivity contribution in [3.63, 3.8) is 0 Å². The summed E-state index contributed by atoms with van der Waals surface area (Å²) in [6.45, 7) is 5.77. The number of hydrogen-bond acceptors (Lipinski definition) is 1. The van der Waals surface area contributed by atoms with Crippen LogP contribution < -0.4 is 0 Å². The molecular weight excluding hydrogens is 244 g/mol. The fourth-order valence-electron chi connectivity index (χ4n) is 2.32. The van der Waals surface area contributed by atoms with Crippen molar-refractivity contribution in [3.8, 4) is 5.69 Å². The van der Waals surface area contributed by atoms with Gasteiger partial charge in [-0.2, -0.15) is 0 Å². The second kappa shape index (κ2) is 5.17. The Balaban J connectivity index is 2.23. The lowest BCUT2D eigenvalue weighted by molar-refractivity contribution is 1.12. The molecule has 2 aromatic carbocycles. The van der Waals surface area contributed by atoms with Gasteiger partial charge in [-0.1, -0.05) is 48.6 Å². The first kappa shape index (κ1) is 12.4. The van der Waals surface area contributed by atoms with Crippen LogP contribution in [0.2, 0.25) is 0 Å². The van der Waals surface area contributed by atoms with E-state index in [1.165, 1.54) is 5.56 Å². The van der Waals surface area contributed by atoms with Crippen LogP contribution in [0.25, 0.3) is 16.6 Å². The Bertz CT molecular complexity index is 777. The van der Waals surface area contributed by atoms with Crippen LogP contribution >= 0.6 is 0 Å². The van der Waals surface area contributed by atoms with Crippen LogP contribution in [0.5, 0.6) is 0 Å². The second-order valence-electron chi connectivity index (χ2n) is 4.75. The van der Waals surface area contributed by atoms with Gasteiger partial charge >= 0.3 is 0 Å². The molecule has 0 fully saturated rings. The number of allylic oxidation sites excluding steroid dienone is 1. The summed E-state index contributed by atoms with van der Waals surface area (Å²) in [6.07, 6.45) is 5.48. The zero-order chi connectivity index (χ0) is 13.9. The lowest BCUT2D eigenvalue weighted by Crippen LogP contribution is -1.91. The highest BCUT2D eigenvalue weighted by Crippen LogP contribution is 2.30. The summed E-state index contributed by atoms with van der Waals surface area (Å²) in [5.74, 6) is 0. The predicted octanol–water partition coefficient (Wildman–Crippen LogP) is 4.83. The van der Waals surface area contributed by atoms with Gasteiger partial charge in [0, 0.05) is 23.5 Å². The molecule has 0 aliphatic heterocycles. The molecule has 3 aromatic rings. The molecule has 0 spiro atoms. The normalized spacial score (nSPS) is 11.2. The maximum absolute atomic E-state index is 4.45. The number of para-hydroxylation sites is 1. The molecule has 0 aliphatic carbocycles. The van der Waals surface area contributed by atoms with Crippen molar-refractivity contribution in [1.82, 2.24) is 4.57 Å². The molecule has 0 saturated carbocycles. The average molecular weight is 260 g/mol. The predicted molar refractivity (Wildman–Crippen MR) is 86.4 cm³/mol. The molecule has 0 aliphatic rings. The quantitative estimate of drug-likeness (QED) is 0.600. The van der Waals surface area contributed by atoms with E-state index in [9.17, 15) is 0 Å². The molecule has 0 N–H and O–H groups in total. The lowest BCUT2D eigenvalue weighted by Gasteiger charge is -2.05. The fourth-order valence-corrected chi connectivity index (χ4v) is 2.32. The maximum atomic E-state index is 4.45. The van der Waals surface area contributed by atoms with E-state index in [2.05, 4.69) is 65.7 Å². The van der Waals surface area contributed by atoms with Crippen LogP contribution in [0.4, 0.5) is 5.69 Å². The highest BCUT2D eigenvalue weighted by Gasteiger charge is 2.07. The fraction of sp³-hybridized carbons (Fsp3) is 0.0556. The van der Waals surface area contributed by atoms with Crippen molar-refractivity contribution < 1.29 is 0 Å². The van der Waals surface area contributed by atoms with E-state index < -0.39 is 0 Å². The zero-order valence-corrected chi connectivity index (χ0v) is 11.5. The molecule has 1 aromatic heterocycles. The number of rotatable bonds is 3. The summed E-state index contributed by atoms with van der Waals surface area (Å²) < 4.78 is 2.17. The molecule has 98 valence electrons. The lowest BCUT2D eigenvalue weighted by atomic mass is 10.2. The Morgan fingerprint density at radius 3 is 2.55 bits per heavy atom. The van der Waals surface area contributed by atoms with Crippen LogP contribution in [-0.2, 0) is 0 Å². The number of aryl methyl sites for hydroxylation is 1. The summed E-state index contributed by atoms with van der Waals surface area (Å²) >= 11 is 0. The molecule has 3 rings (SSSR count). The van der Waals surface area contributed by atoms with Crippen LogP contribution in [0.15, 0.2) is 72.4 Å². The van der Waals surface area contributed by atoms with Crippen molar-refractivity contribution in [3.05, 3.63) is 72.9 Å². The molecule has 0 amide bonds. The summed E-state index contributed by atoms with van der Waals surface area (Å²) in [5.41, 5.74) is 4.52. The van der Waals surface area contributed by atoms with Crippen molar-refractivity contribution in [2.75, 3.05) is 0 Å². The molecule has 0 atom stereocenters. The van der Waals surface area contributed by atoms with Gasteiger partial charge in [0.15, 0.2) is 0 Å². The van der Waals surface area contributed by atoms with Crippen molar-refractivity contribution in [1.29, 1.82) is 0 Å². The van der Waals surface area contributed by atoms with Crippen molar-refractivity contribution >= 4 is 22.8 Å². The Kier molecular flexibility index (Phi) is 3.21. The van der Waals surface area contributed by atoms with Gasteiger partial charge in [-0.3, -0.25) is 4.99 Å². The Labute approximate surface area is 118 Å². The van der Waals surface area contributed by atoms with E-state index in [0.29, 0.717) is 0 Å². The number of fused-ring (bicyclic) bond motifs is 1. The van der Waals surface area contributed by atoms with E-state index >= 15 is 0 Å². The first-order valence-electron chi connectivity index (χ1n) is 6.62. The average Bonchev–Trinajstić information content (AvgIpc) is 2.85. The smallest absolute Gasteiger partial charge is 0.0889 e. The van der Waals surface area contributed by atoms with E-state index in [4.69, 9.17) is 0 Å². The van der Waals surface area contributed by atoms with Gasteiger partial charge in [-0.25, -0.2) is 0 Å². The van der Waals surface area contributed by atoms with Gasteiger partial charge in [0.2, 0.25) is 0 Å². The number of hydrogen-bond donors (Lipinski definition) is 0. The molecule has 0 radical (unpaired) electrons. The number of nitrogens with zero attached hydrogens (tertiary/aromatic N) is 2. The standard InChI is InChI=1S/C18H16N2/c1-3-12-19-17-13-20(15-10-8-14(2)9-11-15)18-7-5-4-6-16(17)18/h3-13H,1H2,2H3. The number of benzene rings is 2. The summed E-state index contributed by atoms with van der Waals surface area (Å²) in [4.78, 5) is 4.45. The molecular formula is C18H16N2. The third-order valence-corrected chi connectivity index (χ3v) is 3.32. The minimum absolute atomic E-state index is 0.959. The van der Waals surface area contributed by atoms with Crippen LogP contribution in [0, 0.1) is 6.92 Å². The van der Waals surface area contributed by atoms with Crippen molar-refractivity contribution in [2.24, 2.45) is 4.99 Å². The van der Waals surface area contributed by atoms with Gasteiger partial charge in [-0.15, -0.1) is 0 Å². The Hall–Kier alpha value is -2.61. The molecule has 20 heavy (non-hydrogen) atoms. The Morgan fingerprint density at radius 1 is 1.05 bits per heavy atom. The molecule has 1 heterocycles. The first-order chi connectivity index (χ1) is 9.79. The van der Waals surface area contributed by atoms with Gasteiger partial charge in [0.05, 0.1) is 11.2 Å². The maximum Gasteiger partial charge on any atom is 0.0889 e. The highest BCUT2D eigenvalue weighted by atomic mass is 15.0. The minimum Gasteiger partial charge on any atom is -0.314 e. The van der Waals surface area contributed by atoms with Crippen LogP contribution in [0.3, 0.4) is 0 Å². The molecule has 0 saturated heterocycles. The number of aromatic nitrogens is 1. The molecule has 2 heteroatoms. The van der Waals surface area contributed by atoms with E-state index in [0.717, 1.165) is 22.3 Å². The summed E-state index contributed by atoms with van der Waals surface area (Å²) in [5, 5.41) is 1.14. The summed E-state index contributed by atoms with van der Waals surface area (Å²) in [7, 11) is 0. The molecule has 0 bridgehead atoms. The zero-order valence-electron chi connectivity index (χ0n) is 11.5. The molecule has 2 nitrogen and oxygen atoms in total. The highest BCUT2D eigenvalue weighted by molar-refractivity contribution is 5.94. The van der Waals surface area contributed by atoms with Crippen molar-refractivity contribution in [2.45, 2.75) is 6.92 Å². The second-order valence-corrected chi connectivity index (χ2v) is 4.75. The van der Waals surface area contributed by atoms with E-state index in [1.807, 2.05) is 12.1 Å². The minimum atomic E-state index is 0.959. The SMILES string of the molecule is C=CC=Nc1cn(-c2ccc(C)cc2)c2ccccc12. The largest absolute Gasteiger partial charge is 0.314 e. The van der Waals surface area contributed by atoms with Gasteiger partial charge in [-0.05, 0) is 25.1 Å². The van der Waals surface area contributed by atoms with Gasteiger partial charge < -0.3 is 4.57 Å². The van der Waals surface area contributed by atoms with Crippen LogP contribution in [0.1, 0.15) is 5.56 Å². The topological polar surface area (TPSA) is 17.3 Å². The number of aliphatic imine (C=N–C) groups is 1. The molecule has 0 unspecified atom stereocenters. The third kappa shape index (κ3) is 2.16. The Morgan fingerprint density at radius 2 is 1.80 bits per heavy atom.